The van der Waals surface area contributed by atoms with Gasteiger partial charge in [0.15, 0.2) is 0 Å². The van der Waals surface area contributed by atoms with Crippen molar-refractivity contribution in [1.29, 1.82) is 0 Å². The van der Waals surface area contributed by atoms with Crippen molar-refractivity contribution in [1.82, 2.24) is 5.32 Å². The number of rotatable bonds is 7. The molecule has 1 fully saturated rings. The maximum atomic E-state index is 11.8. The summed E-state index contributed by atoms with van der Waals surface area (Å²) in [5, 5.41) is 11.9. The van der Waals surface area contributed by atoms with Crippen LogP contribution in [-0.4, -0.2) is 29.6 Å². The van der Waals surface area contributed by atoms with Gasteiger partial charge in [0.05, 0.1) is 12.5 Å². The summed E-state index contributed by atoms with van der Waals surface area (Å²) >= 11 is 0. The Balaban J connectivity index is 2.53. The lowest BCUT2D eigenvalue weighted by atomic mass is 9.71. The minimum absolute atomic E-state index is 0.135. The highest BCUT2D eigenvalue weighted by Crippen LogP contribution is 2.38. The highest BCUT2D eigenvalue weighted by Gasteiger charge is 2.35. The molecule has 1 rings (SSSR count). The Kier molecular flexibility index (Phi) is 6.28. The number of aliphatic carboxylic acids is 1. The number of carboxylic acid groups (broad SMARTS) is 1. The van der Waals surface area contributed by atoms with Crippen LogP contribution in [0.2, 0.25) is 0 Å². The summed E-state index contributed by atoms with van der Waals surface area (Å²) in [6.45, 7) is 2.43. The highest BCUT2D eigenvalue weighted by molar-refractivity contribution is 5.81. The molecule has 1 aliphatic carbocycles. The second kappa shape index (κ2) is 7.48. The van der Waals surface area contributed by atoms with E-state index in [2.05, 4.69) is 5.32 Å². The van der Waals surface area contributed by atoms with E-state index >= 15 is 0 Å². The number of hydrogen-bond acceptors (Lipinski definition) is 3. The number of carbonyl (C=O) groups is 2. The van der Waals surface area contributed by atoms with Crippen LogP contribution in [0.3, 0.4) is 0 Å². The maximum Gasteiger partial charge on any atom is 0.303 e. The van der Waals surface area contributed by atoms with E-state index in [9.17, 15) is 9.59 Å². The van der Waals surface area contributed by atoms with Gasteiger partial charge in [-0.25, -0.2) is 0 Å². The second-order valence-corrected chi connectivity index (χ2v) is 5.74. The van der Waals surface area contributed by atoms with Crippen molar-refractivity contribution in [2.24, 2.45) is 11.1 Å². The van der Waals surface area contributed by atoms with Crippen molar-refractivity contribution in [3.63, 3.8) is 0 Å². The number of amides is 1. The van der Waals surface area contributed by atoms with E-state index in [0.717, 1.165) is 38.5 Å². The molecule has 0 aromatic carbocycles. The van der Waals surface area contributed by atoms with Gasteiger partial charge in [0.2, 0.25) is 5.91 Å². The van der Waals surface area contributed by atoms with Gasteiger partial charge < -0.3 is 16.2 Å². The van der Waals surface area contributed by atoms with Gasteiger partial charge in [-0.2, -0.15) is 0 Å². The first-order chi connectivity index (χ1) is 8.99. The average molecular weight is 270 g/mol. The van der Waals surface area contributed by atoms with Gasteiger partial charge in [-0.05, 0) is 24.7 Å². The first kappa shape index (κ1) is 16.0. The molecule has 110 valence electrons. The summed E-state index contributed by atoms with van der Waals surface area (Å²) in [5.74, 6) is -0.939. The van der Waals surface area contributed by atoms with Gasteiger partial charge >= 0.3 is 5.97 Å². The van der Waals surface area contributed by atoms with E-state index in [1.54, 1.807) is 0 Å². The molecule has 0 aromatic heterocycles. The topological polar surface area (TPSA) is 92.4 Å². The lowest BCUT2D eigenvalue weighted by Crippen LogP contribution is -2.46. The van der Waals surface area contributed by atoms with Gasteiger partial charge in [0.1, 0.15) is 0 Å². The largest absolute Gasteiger partial charge is 0.481 e. The molecule has 0 heterocycles. The van der Waals surface area contributed by atoms with E-state index in [-0.39, 0.29) is 17.7 Å². The monoisotopic (exact) mass is 270 g/mol. The van der Waals surface area contributed by atoms with Crippen molar-refractivity contribution >= 4 is 11.9 Å². The molecule has 0 spiro atoms. The summed E-state index contributed by atoms with van der Waals surface area (Å²) in [6, 6.07) is -0.476. The third-order valence-corrected chi connectivity index (χ3v) is 4.01. The van der Waals surface area contributed by atoms with Gasteiger partial charge in [-0.3, -0.25) is 9.59 Å². The first-order valence-corrected chi connectivity index (χ1v) is 7.24. The molecule has 4 N–H and O–H groups in total. The first-order valence-electron chi connectivity index (χ1n) is 7.24. The van der Waals surface area contributed by atoms with Gasteiger partial charge in [0, 0.05) is 6.54 Å². The molecule has 0 radical (unpaired) electrons. The minimum atomic E-state index is -0.783. The minimum Gasteiger partial charge on any atom is -0.481 e. The van der Waals surface area contributed by atoms with Crippen LogP contribution in [0.4, 0.5) is 0 Å². The number of carbonyl (C=O) groups excluding carboxylic acids is 1. The standard InChI is InChI=1S/C14H26N2O3/c1-2-6-11(15)13(19)16-10-14(9-12(17)18)7-4-3-5-8-14/h11H,2-10,15H2,1H3,(H,16,19)(H,17,18)/t11-/m0/s1. The lowest BCUT2D eigenvalue weighted by molar-refractivity contribution is -0.140. The van der Waals surface area contributed by atoms with E-state index < -0.39 is 12.0 Å². The number of nitrogens with two attached hydrogens (primary N) is 1. The second-order valence-electron chi connectivity index (χ2n) is 5.74. The molecule has 0 saturated heterocycles. The predicted molar refractivity (Wildman–Crippen MR) is 73.7 cm³/mol. The van der Waals surface area contributed by atoms with Crippen molar-refractivity contribution < 1.29 is 14.7 Å². The molecule has 1 aliphatic rings. The number of hydrogen-bond donors (Lipinski definition) is 3. The molecule has 5 nitrogen and oxygen atoms in total. The zero-order chi connectivity index (χ0) is 14.3. The quantitative estimate of drug-likeness (QED) is 0.656. The van der Waals surface area contributed by atoms with Crippen LogP contribution in [0.15, 0.2) is 0 Å². The van der Waals surface area contributed by atoms with Crippen LogP contribution >= 0.6 is 0 Å². The third kappa shape index (κ3) is 5.19. The fourth-order valence-electron chi connectivity index (χ4n) is 2.89. The number of nitrogens with one attached hydrogen (secondary N) is 1. The van der Waals surface area contributed by atoms with E-state index in [1.165, 1.54) is 0 Å². The van der Waals surface area contributed by atoms with Crippen molar-refractivity contribution in [3.8, 4) is 0 Å². The summed E-state index contributed by atoms with van der Waals surface area (Å²) in [4.78, 5) is 22.8. The Hall–Kier alpha value is -1.10. The molecule has 1 saturated carbocycles. The molecular weight excluding hydrogens is 244 g/mol. The molecule has 0 aromatic rings. The SMILES string of the molecule is CCC[C@H](N)C(=O)NCC1(CC(=O)O)CCCCC1. The number of carboxylic acids is 1. The van der Waals surface area contributed by atoms with Crippen molar-refractivity contribution in [2.75, 3.05) is 6.54 Å². The predicted octanol–water partition coefficient (Wildman–Crippen LogP) is 1.66. The van der Waals surface area contributed by atoms with Crippen LogP contribution in [0.1, 0.15) is 58.3 Å². The van der Waals surface area contributed by atoms with Gasteiger partial charge in [0.25, 0.3) is 0 Å². The Morgan fingerprint density at radius 2 is 1.95 bits per heavy atom. The zero-order valence-corrected chi connectivity index (χ0v) is 11.8. The molecular formula is C14H26N2O3. The Labute approximate surface area is 114 Å². The van der Waals surface area contributed by atoms with Crippen LogP contribution in [0.25, 0.3) is 0 Å². The zero-order valence-electron chi connectivity index (χ0n) is 11.8. The van der Waals surface area contributed by atoms with E-state index in [0.29, 0.717) is 13.0 Å². The normalized spacial score (nSPS) is 19.7. The van der Waals surface area contributed by atoms with Crippen LogP contribution in [0, 0.1) is 5.41 Å². The van der Waals surface area contributed by atoms with Crippen LogP contribution in [-0.2, 0) is 9.59 Å². The van der Waals surface area contributed by atoms with E-state index in [1.807, 2.05) is 6.92 Å². The fraction of sp³-hybridized carbons (Fsp3) is 0.857. The molecule has 1 atom stereocenters. The fourth-order valence-corrected chi connectivity index (χ4v) is 2.89. The summed E-state index contributed by atoms with van der Waals surface area (Å²) < 4.78 is 0. The molecule has 5 heteroatoms. The van der Waals surface area contributed by atoms with Crippen LogP contribution in [0.5, 0.6) is 0 Å². The smallest absolute Gasteiger partial charge is 0.303 e. The van der Waals surface area contributed by atoms with Gasteiger partial charge in [-0.1, -0.05) is 32.6 Å². The molecule has 19 heavy (non-hydrogen) atoms. The Bertz CT molecular complexity index is 312. The Morgan fingerprint density at radius 3 is 2.47 bits per heavy atom. The van der Waals surface area contributed by atoms with Gasteiger partial charge in [-0.15, -0.1) is 0 Å². The van der Waals surface area contributed by atoms with Crippen LogP contribution < -0.4 is 11.1 Å². The lowest BCUT2D eigenvalue weighted by Gasteiger charge is -2.36. The van der Waals surface area contributed by atoms with Crippen molar-refractivity contribution in [2.45, 2.75) is 64.3 Å². The summed E-state index contributed by atoms with van der Waals surface area (Å²) in [6.07, 6.45) is 6.67. The summed E-state index contributed by atoms with van der Waals surface area (Å²) in [5.41, 5.74) is 5.49. The third-order valence-electron chi connectivity index (χ3n) is 4.01. The Morgan fingerprint density at radius 1 is 1.32 bits per heavy atom. The molecule has 0 unspecified atom stereocenters. The maximum absolute atomic E-state index is 11.8. The highest BCUT2D eigenvalue weighted by atomic mass is 16.4. The van der Waals surface area contributed by atoms with Crippen molar-refractivity contribution in [3.05, 3.63) is 0 Å². The molecule has 0 bridgehead atoms. The molecule has 0 aliphatic heterocycles. The average Bonchev–Trinajstić information content (AvgIpc) is 2.36. The van der Waals surface area contributed by atoms with E-state index in [4.69, 9.17) is 10.8 Å². The summed E-state index contributed by atoms with van der Waals surface area (Å²) in [7, 11) is 0. The molecule has 1 amide bonds.